The Morgan fingerprint density at radius 1 is 1.57 bits per heavy atom. The molecular formula is C10H11BrN2O. The lowest BCUT2D eigenvalue weighted by molar-refractivity contribution is -0.120. The molecule has 0 unspecified atom stereocenters. The third kappa shape index (κ3) is 2.80. The summed E-state index contributed by atoms with van der Waals surface area (Å²) in [6.07, 6.45) is 4.34. The summed E-state index contributed by atoms with van der Waals surface area (Å²) >= 11 is 3.30. The smallest absolute Gasteiger partial charge is 0.226 e. The Balaban J connectivity index is 1.89. The van der Waals surface area contributed by atoms with Gasteiger partial charge in [0.05, 0.1) is 6.42 Å². The first-order valence-corrected chi connectivity index (χ1v) is 5.43. The van der Waals surface area contributed by atoms with Crippen molar-refractivity contribution in [2.75, 3.05) is 0 Å². The molecule has 0 atom stereocenters. The van der Waals surface area contributed by atoms with Crippen LogP contribution in [0.5, 0.6) is 0 Å². The number of hydrogen-bond donors (Lipinski definition) is 1. The van der Waals surface area contributed by atoms with E-state index in [1.807, 2.05) is 12.1 Å². The maximum absolute atomic E-state index is 11.4. The molecule has 1 amide bonds. The van der Waals surface area contributed by atoms with E-state index in [1.54, 1.807) is 6.20 Å². The van der Waals surface area contributed by atoms with Gasteiger partial charge in [-0.25, -0.2) is 0 Å². The largest absolute Gasteiger partial charge is 0.353 e. The number of aromatic nitrogens is 1. The van der Waals surface area contributed by atoms with Crippen LogP contribution in [0.2, 0.25) is 0 Å². The van der Waals surface area contributed by atoms with Crippen LogP contribution >= 0.6 is 15.9 Å². The molecule has 14 heavy (non-hydrogen) atoms. The van der Waals surface area contributed by atoms with Crippen molar-refractivity contribution in [3.05, 3.63) is 28.5 Å². The minimum atomic E-state index is 0.0716. The van der Waals surface area contributed by atoms with E-state index in [-0.39, 0.29) is 5.91 Å². The minimum absolute atomic E-state index is 0.0716. The number of carbonyl (C=O) groups excluding carboxylic acids is 1. The van der Waals surface area contributed by atoms with Crippen LogP contribution in [-0.2, 0) is 11.2 Å². The molecule has 1 aliphatic carbocycles. The van der Waals surface area contributed by atoms with Gasteiger partial charge in [-0.2, -0.15) is 0 Å². The highest BCUT2D eigenvalue weighted by molar-refractivity contribution is 9.10. The van der Waals surface area contributed by atoms with Crippen LogP contribution in [-0.4, -0.2) is 16.9 Å². The molecule has 1 aromatic heterocycles. The summed E-state index contributed by atoms with van der Waals surface area (Å²) in [5, 5.41) is 2.93. The van der Waals surface area contributed by atoms with Crippen LogP contribution in [0.4, 0.5) is 0 Å². The Morgan fingerprint density at radius 3 is 2.93 bits per heavy atom. The maximum Gasteiger partial charge on any atom is 0.226 e. The molecule has 0 bridgehead atoms. The van der Waals surface area contributed by atoms with Gasteiger partial charge in [-0.3, -0.25) is 9.78 Å². The Kier molecular flexibility index (Phi) is 2.82. The maximum atomic E-state index is 11.4. The second-order valence-corrected chi connectivity index (χ2v) is 4.40. The van der Waals surface area contributed by atoms with Crippen molar-refractivity contribution in [2.45, 2.75) is 25.3 Å². The van der Waals surface area contributed by atoms with Gasteiger partial charge in [-0.1, -0.05) is 0 Å². The summed E-state index contributed by atoms with van der Waals surface area (Å²) in [5.41, 5.74) is 0.811. The van der Waals surface area contributed by atoms with Gasteiger partial charge < -0.3 is 5.32 Å². The summed E-state index contributed by atoms with van der Waals surface area (Å²) in [6.45, 7) is 0. The fourth-order valence-corrected chi connectivity index (χ4v) is 1.42. The lowest BCUT2D eigenvalue weighted by atomic mass is 10.2. The summed E-state index contributed by atoms with van der Waals surface area (Å²) in [5.74, 6) is 0.0716. The van der Waals surface area contributed by atoms with Gasteiger partial charge in [-0.05, 0) is 40.9 Å². The van der Waals surface area contributed by atoms with Crippen molar-refractivity contribution >= 4 is 21.8 Å². The van der Waals surface area contributed by atoms with Gasteiger partial charge in [0, 0.05) is 22.4 Å². The Labute approximate surface area is 91.0 Å². The Bertz CT molecular complexity index is 332. The zero-order chi connectivity index (χ0) is 9.97. The monoisotopic (exact) mass is 254 g/mol. The molecule has 0 aliphatic heterocycles. The molecule has 2 rings (SSSR count). The number of halogens is 1. The lowest BCUT2D eigenvalue weighted by Gasteiger charge is -2.02. The number of pyridine rings is 1. The quantitative estimate of drug-likeness (QED) is 0.892. The van der Waals surface area contributed by atoms with Gasteiger partial charge in [-0.15, -0.1) is 0 Å². The summed E-state index contributed by atoms with van der Waals surface area (Å²) < 4.78 is 0.934. The molecule has 1 N–H and O–H groups in total. The van der Waals surface area contributed by atoms with E-state index in [9.17, 15) is 4.79 Å². The summed E-state index contributed by atoms with van der Waals surface area (Å²) in [6, 6.07) is 4.18. The van der Waals surface area contributed by atoms with Gasteiger partial charge >= 0.3 is 0 Å². The molecule has 0 aromatic carbocycles. The third-order valence-corrected chi connectivity index (χ3v) is 2.54. The number of nitrogens with zero attached hydrogens (tertiary/aromatic N) is 1. The summed E-state index contributed by atoms with van der Waals surface area (Å²) in [4.78, 5) is 15.5. The molecule has 1 aromatic rings. The van der Waals surface area contributed by atoms with Crippen LogP contribution in [0.3, 0.4) is 0 Å². The molecule has 1 fully saturated rings. The second-order valence-electron chi connectivity index (χ2n) is 3.49. The molecule has 4 heteroatoms. The summed E-state index contributed by atoms with van der Waals surface area (Å²) in [7, 11) is 0. The topological polar surface area (TPSA) is 42.0 Å². The number of nitrogens with one attached hydrogen (secondary N) is 1. The highest BCUT2D eigenvalue weighted by atomic mass is 79.9. The second kappa shape index (κ2) is 4.09. The predicted molar refractivity (Wildman–Crippen MR) is 56.8 cm³/mol. The molecule has 74 valence electrons. The van der Waals surface area contributed by atoms with Gasteiger partial charge in [0.15, 0.2) is 0 Å². The molecule has 0 spiro atoms. The van der Waals surface area contributed by atoms with E-state index in [2.05, 4.69) is 26.2 Å². The van der Waals surface area contributed by atoms with E-state index in [0.29, 0.717) is 12.5 Å². The third-order valence-electron chi connectivity index (χ3n) is 2.07. The van der Waals surface area contributed by atoms with Crippen molar-refractivity contribution in [1.29, 1.82) is 0 Å². The van der Waals surface area contributed by atoms with Crippen LogP contribution < -0.4 is 5.32 Å². The highest BCUT2D eigenvalue weighted by Gasteiger charge is 2.23. The highest BCUT2D eigenvalue weighted by Crippen LogP contribution is 2.18. The standard InChI is InChI=1S/C10H11BrN2O/c11-7-1-2-9(12-6-7)5-10(14)13-8-3-4-8/h1-2,6,8H,3-5H2,(H,13,14). The van der Waals surface area contributed by atoms with E-state index in [0.717, 1.165) is 23.0 Å². The van der Waals surface area contributed by atoms with Crippen LogP contribution in [0.15, 0.2) is 22.8 Å². The van der Waals surface area contributed by atoms with Crippen LogP contribution in [0.25, 0.3) is 0 Å². The fourth-order valence-electron chi connectivity index (χ4n) is 1.18. The van der Waals surface area contributed by atoms with E-state index < -0.39 is 0 Å². The van der Waals surface area contributed by atoms with Gasteiger partial charge in [0.2, 0.25) is 5.91 Å². The molecule has 1 saturated carbocycles. The molecular weight excluding hydrogens is 244 g/mol. The number of hydrogen-bond acceptors (Lipinski definition) is 2. The lowest BCUT2D eigenvalue weighted by Crippen LogP contribution is -2.27. The molecule has 0 radical (unpaired) electrons. The van der Waals surface area contributed by atoms with Gasteiger partial charge in [0.25, 0.3) is 0 Å². The predicted octanol–water partition coefficient (Wildman–Crippen LogP) is 1.67. The normalized spacial score (nSPS) is 15.2. The van der Waals surface area contributed by atoms with E-state index in [1.165, 1.54) is 0 Å². The first-order chi connectivity index (χ1) is 6.74. The van der Waals surface area contributed by atoms with Crippen LogP contribution in [0.1, 0.15) is 18.5 Å². The Hall–Kier alpha value is -0.900. The van der Waals surface area contributed by atoms with Gasteiger partial charge in [0.1, 0.15) is 0 Å². The average molecular weight is 255 g/mol. The van der Waals surface area contributed by atoms with E-state index in [4.69, 9.17) is 0 Å². The first kappa shape index (κ1) is 9.65. The SMILES string of the molecule is O=C(Cc1ccc(Br)cn1)NC1CC1. The molecule has 0 saturated heterocycles. The van der Waals surface area contributed by atoms with Crippen molar-refractivity contribution in [3.63, 3.8) is 0 Å². The average Bonchev–Trinajstić information content (AvgIpc) is 2.93. The zero-order valence-corrected chi connectivity index (χ0v) is 9.25. The number of amides is 1. The van der Waals surface area contributed by atoms with Crippen molar-refractivity contribution in [1.82, 2.24) is 10.3 Å². The van der Waals surface area contributed by atoms with Crippen molar-refractivity contribution < 1.29 is 4.79 Å². The fraction of sp³-hybridized carbons (Fsp3) is 0.400. The first-order valence-electron chi connectivity index (χ1n) is 4.64. The zero-order valence-electron chi connectivity index (χ0n) is 7.66. The molecule has 3 nitrogen and oxygen atoms in total. The number of rotatable bonds is 3. The number of carbonyl (C=O) groups is 1. The van der Waals surface area contributed by atoms with Crippen molar-refractivity contribution in [2.24, 2.45) is 0 Å². The van der Waals surface area contributed by atoms with Crippen molar-refractivity contribution in [3.8, 4) is 0 Å². The minimum Gasteiger partial charge on any atom is -0.353 e. The van der Waals surface area contributed by atoms with Crippen LogP contribution in [0, 0.1) is 0 Å². The van der Waals surface area contributed by atoms with E-state index >= 15 is 0 Å². The molecule has 1 aliphatic rings. The molecule has 1 heterocycles. The Morgan fingerprint density at radius 2 is 2.36 bits per heavy atom.